The molecule has 0 aromatic heterocycles. The number of benzene rings is 4. The Labute approximate surface area is 541 Å². The van der Waals surface area contributed by atoms with Gasteiger partial charge in [-0.1, -0.05) is 139 Å². The molecule has 0 unspecified atom stereocenters. The Bertz CT molecular complexity index is 3450. The van der Waals surface area contributed by atoms with E-state index in [0.717, 1.165) is 21.5 Å². The van der Waals surface area contributed by atoms with Crippen molar-refractivity contribution < 1.29 is 67.7 Å². The number of nitrogens with zero attached hydrogens (tertiary/aromatic N) is 2. The summed E-state index contributed by atoms with van der Waals surface area (Å²) in [4.78, 5) is 171. The van der Waals surface area contributed by atoms with Crippen LogP contribution in [0.15, 0.2) is 97.1 Å². The van der Waals surface area contributed by atoms with Gasteiger partial charge in [0.25, 0.3) is 0 Å². The van der Waals surface area contributed by atoms with E-state index in [0.29, 0.717) is 11.1 Å². The fraction of sp³-hybridized carbons (Fsp3) is 0.493. The third kappa shape index (κ3) is 20.6. The van der Waals surface area contributed by atoms with Crippen molar-refractivity contribution in [3.05, 3.63) is 108 Å². The third-order valence-corrected chi connectivity index (χ3v) is 16.7. The van der Waals surface area contributed by atoms with Gasteiger partial charge in [0.05, 0.1) is 25.2 Å². The zero-order chi connectivity index (χ0) is 68.5. The largest absolute Gasteiger partial charge is 0.480 e. The second-order valence-electron chi connectivity index (χ2n) is 25.9. The third-order valence-electron chi connectivity index (χ3n) is 16.7. The van der Waals surface area contributed by atoms with E-state index in [-0.39, 0.29) is 45.2 Å². The van der Waals surface area contributed by atoms with Gasteiger partial charge in [-0.2, -0.15) is 0 Å². The Morgan fingerprint density at radius 2 is 1.06 bits per heavy atom. The standard InChI is InChI=1S/C67H90N12O14/c1-38(68-9)56(82)76-54(66(3,4)5)62(88)71-46-22-12-11-13-23-47(64(90)91)72-60(86)50(35-41-25-27-43-19-15-17-21-45(43)33-41)75-61(87)51-37-78(30-31-79(51)63(89)55(67(6,7)8)77-57(83)39(2)69-10)53(81)36-70-52(80)29-28-48(65(92)93)73-59(85)49(74-58(46)84)34-40-24-26-42-18-14-16-20-44(42)32-40/h11-12,14-21,24-27,32-33,38-39,46-51,54-55,68-69H,13,22-23,28-31,34-37H2,1-10H3,(H,70,80)(H,71,88)(H,72,86)(H,73,85)(H,74,84)(H,75,87)(H,76,82)(H,77,83)(H,90,91)(H,92,93)/t38-,39-,46-,47-,48-,49-,50-,51-,54+,55+/m0/s1. The summed E-state index contributed by atoms with van der Waals surface area (Å²) in [5.74, 6) is -10.7. The lowest BCUT2D eigenvalue weighted by atomic mass is 9.85. The van der Waals surface area contributed by atoms with Crippen LogP contribution in [0.3, 0.4) is 0 Å². The van der Waals surface area contributed by atoms with Gasteiger partial charge in [0, 0.05) is 32.4 Å². The second-order valence-corrected chi connectivity index (χ2v) is 25.9. The van der Waals surface area contributed by atoms with Crippen LogP contribution in [0, 0.1) is 10.8 Å². The molecular weight excluding hydrogens is 1200 g/mol. The monoisotopic (exact) mass is 1290 g/mol. The Kier molecular flexibility index (Phi) is 25.7. The van der Waals surface area contributed by atoms with Crippen LogP contribution in [0.2, 0.25) is 0 Å². The van der Waals surface area contributed by atoms with Gasteiger partial charge in [0.15, 0.2) is 0 Å². The van der Waals surface area contributed by atoms with Crippen molar-refractivity contribution in [1.82, 2.24) is 63.0 Å². The van der Waals surface area contributed by atoms with Crippen LogP contribution in [0.1, 0.15) is 98.6 Å². The maximum Gasteiger partial charge on any atom is 0.326 e. The number of piperazine rings is 1. The molecule has 26 heteroatoms. The first kappa shape index (κ1) is 72.8. The predicted molar refractivity (Wildman–Crippen MR) is 347 cm³/mol. The summed E-state index contributed by atoms with van der Waals surface area (Å²) in [5, 5.41) is 51.4. The molecule has 502 valence electrons. The predicted octanol–water partition coefficient (Wildman–Crippen LogP) is 1.32. The molecule has 10 atom stereocenters. The summed E-state index contributed by atoms with van der Waals surface area (Å²) in [6.45, 7) is 11.9. The first-order valence-corrected chi connectivity index (χ1v) is 31.3. The summed E-state index contributed by atoms with van der Waals surface area (Å²) in [7, 11) is 3.13. The highest BCUT2D eigenvalue weighted by molar-refractivity contribution is 5.99. The van der Waals surface area contributed by atoms with Gasteiger partial charge in [-0.15, -0.1) is 0 Å². The number of amides is 10. The zero-order valence-corrected chi connectivity index (χ0v) is 54.5. The Morgan fingerprint density at radius 1 is 0.581 bits per heavy atom. The number of hydrogen-bond acceptors (Lipinski definition) is 14. The van der Waals surface area contributed by atoms with Crippen LogP contribution in [-0.4, -0.2) is 192 Å². The van der Waals surface area contributed by atoms with E-state index in [4.69, 9.17) is 0 Å². The van der Waals surface area contributed by atoms with Gasteiger partial charge < -0.3 is 73.2 Å². The second kappa shape index (κ2) is 32.8. The summed E-state index contributed by atoms with van der Waals surface area (Å²) in [6, 6.07) is 12.2. The number of hydrogen-bond donors (Lipinski definition) is 12. The van der Waals surface area contributed by atoms with E-state index in [1.165, 1.54) is 22.0 Å². The number of rotatable bonds is 15. The fourth-order valence-corrected chi connectivity index (χ4v) is 10.8. The highest BCUT2D eigenvalue weighted by Gasteiger charge is 2.45. The average Bonchev–Trinajstić information content (AvgIpc) is 0.850. The number of fused-ring (bicyclic) bond motifs is 4. The number of carboxylic acid groups (broad SMARTS) is 2. The van der Waals surface area contributed by atoms with E-state index in [1.807, 2.05) is 60.7 Å². The van der Waals surface area contributed by atoms with E-state index in [9.17, 15) is 63.0 Å². The van der Waals surface area contributed by atoms with E-state index >= 15 is 4.79 Å². The number of carboxylic acids is 2. The molecule has 2 heterocycles. The van der Waals surface area contributed by atoms with Crippen molar-refractivity contribution in [2.45, 2.75) is 161 Å². The molecule has 6 rings (SSSR count). The van der Waals surface area contributed by atoms with Gasteiger partial charge in [-0.05, 0) is 97.1 Å². The topological polar surface area (TPSA) is 372 Å². The number of nitrogens with one attached hydrogen (secondary N) is 10. The average molecular weight is 1290 g/mol. The summed E-state index contributed by atoms with van der Waals surface area (Å²) < 4.78 is 0. The Balaban J connectivity index is 1.40. The van der Waals surface area contributed by atoms with E-state index in [1.54, 1.807) is 93.8 Å². The van der Waals surface area contributed by atoms with Crippen molar-refractivity contribution in [3.8, 4) is 0 Å². The van der Waals surface area contributed by atoms with E-state index < -0.39 is 168 Å². The normalized spacial score (nSPS) is 21.9. The molecule has 0 spiro atoms. The van der Waals surface area contributed by atoms with Crippen molar-refractivity contribution in [2.24, 2.45) is 10.8 Å². The molecule has 0 radical (unpaired) electrons. The Hall–Kier alpha value is -9.30. The minimum atomic E-state index is -1.72. The maximum atomic E-state index is 15.1. The lowest BCUT2D eigenvalue weighted by molar-refractivity contribution is -0.152. The van der Waals surface area contributed by atoms with Crippen molar-refractivity contribution in [2.75, 3.05) is 40.3 Å². The van der Waals surface area contributed by atoms with Crippen molar-refractivity contribution >= 4 is 92.6 Å². The first-order chi connectivity index (χ1) is 43.9. The lowest BCUT2D eigenvalue weighted by Crippen LogP contribution is -2.67. The maximum absolute atomic E-state index is 15.1. The molecule has 2 aliphatic rings. The minimum absolute atomic E-state index is 0.0493. The highest BCUT2D eigenvalue weighted by atomic mass is 16.4. The molecule has 4 aromatic carbocycles. The molecule has 12 N–H and O–H groups in total. The molecule has 10 amide bonds. The van der Waals surface area contributed by atoms with Gasteiger partial charge >= 0.3 is 11.9 Å². The smallest absolute Gasteiger partial charge is 0.326 e. The molecule has 0 saturated carbocycles. The van der Waals surface area contributed by atoms with E-state index in [2.05, 4.69) is 53.2 Å². The molecular formula is C67H90N12O14. The summed E-state index contributed by atoms with van der Waals surface area (Å²) in [6.07, 6.45) is 1.01. The van der Waals surface area contributed by atoms with Crippen LogP contribution in [0.4, 0.5) is 0 Å². The van der Waals surface area contributed by atoms with Crippen LogP contribution in [0.25, 0.3) is 21.5 Å². The summed E-state index contributed by atoms with van der Waals surface area (Å²) in [5.41, 5.74) is -0.765. The molecule has 2 bridgehead atoms. The van der Waals surface area contributed by atoms with Crippen molar-refractivity contribution in [1.29, 1.82) is 0 Å². The summed E-state index contributed by atoms with van der Waals surface area (Å²) >= 11 is 0. The van der Waals surface area contributed by atoms with Crippen LogP contribution >= 0.6 is 0 Å². The number of aliphatic carboxylic acids is 2. The number of likely N-dealkylation sites (N-methyl/N-ethyl adjacent to an activating group) is 2. The van der Waals surface area contributed by atoms with Gasteiger partial charge in [-0.25, -0.2) is 9.59 Å². The first-order valence-electron chi connectivity index (χ1n) is 31.3. The molecule has 1 saturated heterocycles. The minimum Gasteiger partial charge on any atom is -0.480 e. The molecule has 1 fully saturated rings. The van der Waals surface area contributed by atoms with Crippen LogP contribution < -0.4 is 53.2 Å². The number of carbonyl (C=O) groups excluding carboxylic acids is 10. The molecule has 2 aliphatic heterocycles. The molecule has 26 nitrogen and oxygen atoms in total. The van der Waals surface area contributed by atoms with Crippen molar-refractivity contribution in [3.63, 3.8) is 0 Å². The quantitative estimate of drug-likeness (QED) is 0.0747. The lowest BCUT2D eigenvalue weighted by Gasteiger charge is -2.44. The van der Waals surface area contributed by atoms with Gasteiger partial charge in [-0.3, -0.25) is 47.9 Å². The SMILES string of the molecule is CN[C@@H](C)C(=O)N[C@H](C(=O)N[C@H]1CC=CCC[C@@H](C(=O)O)NC(=O)[C@H](Cc2ccc3ccccc3c2)NC(=O)[C@@H]2CN(CCN2C(=O)[C@@H](NC(=O)[C@H](C)NC)C(C)(C)C)C(=O)CNC(=O)CC[C@@H](C(=O)O)NC(=O)[C@H](Cc2ccc3ccccc3c2)NC1=O)C(C)(C)C. The van der Waals surface area contributed by atoms with Gasteiger partial charge in [0.2, 0.25) is 59.1 Å². The molecule has 4 aromatic rings. The zero-order valence-electron chi connectivity index (χ0n) is 54.5. The van der Waals surface area contributed by atoms with Crippen LogP contribution in [-0.2, 0) is 70.4 Å². The molecule has 0 aliphatic carbocycles. The Morgan fingerprint density at radius 3 is 1.56 bits per heavy atom. The number of carbonyl (C=O) groups is 12. The van der Waals surface area contributed by atoms with Gasteiger partial charge in [0.1, 0.15) is 48.3 Å². The molecule has 93 heavy (non-hydrogen) atoms. The highest BCUT2D eigenvalue weighted by Crippen LogP contribution is 2.26. The number of allylic oxidation sites excluding steroid dienone is 1. The fourth-order valence-electron chi connectivity index (χ4n) is 10.8. The van der Waals surface area contributed by atoms with Crippen LogP contribution in [0.5, 0.6) is 0 Å².